The van der Waals surface area contributed by atoms with Crippen LogP contribution in [0.5, 0.6) is 5.75 Å². The number of hydrogen-bond acceptors (Lipinski definition) is 5. The smallest absolute Gasteiger partial charge is 0.329 e. The minimum atomic E-state index is -0.786. The normalized spacial score (nSPS) is 12.0. The van der Waals surface area contributed by atoms with E-state index in [-0.39, 0.29) is 18.4 Å². The minimum absolute atomic E-state index is 0.0359. The summed E-state index contributed by atoms with van der Waals surface area (Å²) in [4.78, 5) is 29.9. The maximum Gasteiger partial charge on any atom is 0.329 e. The van der Waals surface area contributed by atoms with Crippen LogP contribution in [0.4, 0.5) is 0 Å². The third kappa shape index (κ3) is 4.97. The van der Waals surface area contributed by atoms with Crippen LogP contribution in [0.15, 0.2) is 48.8 Å². The molecule has 158 valence electrons. The summed E-state index contributed by atoms with van der Waals surface area (Å²) < 4.78 is 12.9. The van der Waals surface area contributed by atoms with Crippen LogP contribution in [0.2, 0.25) is 0 Å². The molecule has 0 fully saturated rings. The van der Waals surface area contributed by atoms with Crippen molar-refractivity contribution in [2.24, 2.45) is 5.92 Å². The number of fused-ring (bicyclic) bond motifs is 1. The van der Waals surface area contributed by atoms with Gasteiger partial charge in [-0.1, -0.05) is 32.0 Å². The average Bonchev–Trinajstić information content (AvgIpc) is 3.12. The minimum Gasteiger partial charge on any atom is -0.493 e. The second-order valence-electron chi connectivity index (χ2n) is 7.44. The van der Waals surface area contributed by atoms with Crippen molar-refractivity contribution in [2.75, 3.05) is 6.61 Å². The summed E-state index contributed by atoms with van der Waals surface area (Å²) in [6.07, 6.45) is 3.79. The molecule has 0 radical (unpaired) electrons. The maximum absolute atomic E-state index is 12.8. The van der Waals surface area contributed by atoms with Crippen molar-refractivity contribution in [3.63, 3.8) is 0 Å². The van der Waals surface area contributed by atoms with Gasteiger partial charge < -0.3 is 19.2 Å². The third-order valence-corrected chi connectivity index (χ3v) is 4.65. The molecule has 0 bridgehead atoms. The van der Waals surface area contributed by atoms with Gasteiger partial charge in [0.25, 0.3) is 5.91 Å². The van der Waals surface area contributed by atoms with Crippen LogP contribution >= 0.6 is 0 Å². The lowest BCUT2D eigenvalue weighted by molar-refractivity contribution is -0.148. The van der Waals surface area contributed by atoms with Gasteiger partial charge in [0.15, 0.2) is 0 Å². The number of hydrogen-bond donors (Lipinski definition) is 1. The first-order valence-electron chi connectivity index (χ1n) is 10.0. The number of nitrogens with one attached hydrogen (secondary N) is 1. The van der Waals surface area contributed by atoms with Gasteiger partial charge in [-0.2, -0.15) is 0 Å². The summed E-state index contributed by atoms with van der Waals surface area (Å²) in [5.41, 5.74) is 2.92. The van der Waals surface area contributed by atoms with E-state index in [1.807, 2.05) is 56.6 Å². The SMILES string of the molecule is CCOc1ccccc1C(=O)N[C@H](C(=O)OCc1cn2cc(C)ccc2n1)C(C)C. The Morgan fingerprint density at radius 1 is 1.13 bits per heavy atom. The zero-order chi connectivity index (χ0) is 21.7. The molecule has 1 amide bonds. The summed E-state index contributed by atoms with van der Waals surface area (Å²) in [6, 6.07) is 10.0. The standard InChI is InChI=1S/C23H27N3O4/c1-5-29-19-9-7-6-8-18(19)22(27)25-21(15(2)3)23(28)30-14-17-13-26-12-16(4)10-11-20(26)24-17/h6-13,15,21H,5,14H2,1-4H3,(H,25,27)/t21-/m0/s1. The number of aryl methyl sites for hydroxylation is 1. The summed E-state index contributed by atoms with van der Waals surface area (Å²) in [5, 5.41) is 2.78. The molecular formula is C23H27N3O4. The lowest BCUT2D eigenvalue weighted by Gasteiger charge is -2.21. The lowest BCUT2D eigenvalue weighted by Crippen LogP contribution is -2.45. The van der Waals surface area contributed by atoms with E-state index in [4.69, 9.17) is 9.47 Å². The fourth-order valence-electron chi connectivity index (χ4n) is 3.11. The number of ether oxygens (including phenoxy) is 2. The van der Waals surface area contributed by atoms with Crippen LogP contribution in [-0.4, -0.2) is 33.9 Å². The van der Waals surface area contributed by atoms with Crippen molar-refractivity contribution >= 4 is 17.5 Å². The summed E-state index contributed by atoms with van der Waals surface area (Å²) >= 11 is 0. The van der Waals surface area contributed by atoms with Crippen LogP contribution < -0.4 is 10.1 Å². The predicted octanol–water partition coefficient (Wildman–Crippen LogP) is 3.54. The van der Waals surface area contributed by atoms with Crippen molar-refractivity contribution in [1.29, 1.82) is 0 Å². The van der Waals surface area contributed by atoms with Gasteiger partial charge in [-0.05, 0) is 43.5 Å². The number of amides is 1. The first-order valence-corrected chi connectivity index (χ1v) is 10.0. The van der Waals surface area contributed by atoms with Gasteiger partial charge in [0.05, 0.1) is 17.9 Å². The zero-order valence-electron chi connectivity index (χ0n) is 17.7. The number of nitrogens with zero attached hydrogens (tertiary/aromatic N) is 2. The molecule has 7 heteroatoms. The van der Waals surface area contributed by atoms with E-state index in [0.717, 1.165) is 11.2 Å². The van der Waals surface area contributed by atoms with Crippen LogP contribution in [-0.2, 0) is 16.1 Å². The number of rotatable bonds is 8. The monoisotopic (exact) mass is 409 g/mol. The van der Waals surface area contributed by atoms with E-state index in [1.165, 1.54) is 0 Å². The number of imidazole rings is 1. The highest BCUT2D eigenvalue weighted by molar-refractivity contribution is 5.99. The van der Waals surface area contributed by atoms with Gasteiger partial charge in [0.2, 0.25) is 0 Å². The Balaban J connectivity index is 1.67. The molecule has 0 aliphatic carbocycles. The van der Waals surface area contributed by atoms with Crippen LogP contribution in [0, 0.1) is 12.8 Å². The highest BCUT2D eigenvalue weighted by atomic mass is 16.5. The van der Waals surface area contributed by atoms with Crippen LogP contribution in [0.1, 0.15) is 42.4 Å². The molecule has 2 heterocycles. The van der Waals surface area contributed by atoms with Crippen molar-refractivity contribution in [3.05, 3.63) is 65.6 Å². The largest absolute Gasteiger partial charge is 0.493 e. The van der Waals surface area contributed by atoms with Gasteiger partial charge in [0.1, 0.15) is 24.0 Å². The summed E-state index contributed by atoms with van der Waals surface area (Å²) in [7, 11) is 0. The molecule has 0 aliphatic rings. The second-order valence-corrected chi connectivity index (χ2v) is 7.44. The average molecular weight is 409 g/mol. The van der Waals surface area contributed by atoms with E-state index >= 15 is 0 Å². The molecule has 0 unspecified atom stereocenters. The van der Waals surface area contributed by atoms with Gasteiger partial charge in [-0.25, -0.2) is 9.78 Å². The number of aromatic nitrogens is 2. The lowest BCUT2D eigenvalue weighted by atomic mass is 10.0. The van der Waals surface area contributed by atoms with Crippen molar-refractivity contribution in [1.82, 2.24) is 14.7 Å². The van der Waals surface area contributed by atoms with Gasteiger partial charge in [0, 0.05) is 12.4 Å². The molecule has 2 aromatic heterocycles. The summed E-state index contributed by atoms with van der Waals surface area (Å²) in [6.45, 7) is 8.04. The van der Waals surface area contributed by atoms with E-state index in [0.29, 0.717) is 23.6 Å². The first kappa shape index (κ1) is 21.4. The Hall–Kier alpha value is -3.35. The molecule has 0 spiro atoms. The number of pyridine rings is 1. The molecule has 1 aromatic carbocycles. The predicted molar refractivity (Wildman–Crippen MR) is 113 cm³/mol. The van der Waals surface area contributed by atoms with Crippen molar-refractivity contribution < 1.29 is 19.1 Å². The van der Waals surface area contributed by atoms with E-state index in [2.05, 4.69) is 10.3 Å². The quantitative estimate of drug-likeness (QED) is 0.576. The van der Waals surface area contributed by atoms with Crippen LogP contribution in [0.3, 0.4) is 0 Å². The highest BCUT2D eigenvalue weighted by Gasteiger charge is 2.27. The molecule has 3 rings (SSSR count). The van der Waals surface area contributed by atoms with Gasteiger partial charge in [-0.3, -0.25) is 4.79 Å². The number of benzene rings is 1. The molecular weight excluding hydrogens is 382 g/mol. The summed E-state index contributed by atoms with van der Waals surface area (Å²) in [5.74, 6) is -0.545. The van der Waals surface area contributed by atoms with Gasteiger partial charge >= 0.3 is 5.97 Å². The Morgan fingerprint density at radius 3 is 2.63 bits per heavy atom. The van der Waals surface area contributed by atoms with E-state index in [1.54, 1.807) is 24.3 Å². The van der Waals surface area contributed by atoms with Crippen LogP contribution in [0.25, 0.3) is 5.65 Å². The van der Waals surface area contributed by atoms with Crippen molar-refractivity contribution in [3.8, 4) is 5.75 Å². The second kappa shape index (κ2) is 9.43. The number of carbonyl (C=O) groups excluding carboxylic acids is 2. The Kier molecular flexibility index (Phi) is 6.72. The van der Waals surface area contributed by atoms with E-state index in [9.17, 15) is 9.59 Å². The Labute approximate surface area is 176 Å². The Morgan fingerprint density at radius 2 is 1.90 bits per heavy atom. The molecule has 3 aromatic rings. The molecule has 0 aliphatic heterocycles. The third-order valence-electron chi connectivity index (χ3n) is 4.65. The zero-order valence-corrected chi connectivity index (χ0v) is 17.7. The molecule has 1 N–H and O–H groups in total. The molecule has 30 heavy (non-hydrogen) atoms. The number of carbonyl (C=O) groups is 2. The fraction of sp³-hybridized carbons (Fsp3) is 0.348. The number of esters is 1. The van der Waals surface area contributed by atoms with Gasteiger partial charge in [-0.15, -0.1) is 0 Å². The van der Waals surface area contributed by atoms with E-state index < -0.39 is 12.0 Å². The Bertz CT molecular complexity index is 1040. The molecule has 1 atom stereocenters. The molecule has 7 nitrogen and oxygen atoms in total. The maximum atomic E-state index is 12.8. The van der Waals surface area contributed by atoms with Crippen molar-refractivity contribution in [2.45, 2.75) is 40.3 Å². The first-order chi connectivity index (χ1) is 14.4. The molecule has 0 saturated carbocycles. The molecule has 0 saturated heterocycles. The number of para-hydroxylation sites is 1. The topological polar surface area (TPSA) is 81.9 Å². The fourth-order valence-corrected chi connectivity index (χ4v) is 3.11. The highest BCUT2D eigenvalue weighted by Crippen LogP contribution is 2.19.